The lowest BCUT2D eigenvalue weighted by Gasteiger charge is -2.16. The third kappa shape index (κ3) is 3.13. The van der Waals surface area contributed by atoms with Crippen LogP contribution in [0.1, 0.15) is 12.0 Å². The minimum atomic E-state index is -2.91. The fourth-order valence-corrected chi connectivity index (χ4v) is 3.99. The zero-order valence-electron chi connectivity index (χ0n) is 9.52. The maximum absolute atomic E-state index is 11.4. The largest absolute Gasteiger partial charge is 0.389 e. The Morgan fingerprint density at radius 2 is 2.22 bits per heavy atom. The molecule has 1 aromatic carbocycles. The summed E-state index contributed by atoms with van der Waals surface area (Å²) < 4.78 is 22.8. The molecule has 1 unspecified atom stereocenters. The van der Waals surface area contributed by atoms with E-state index in [0.29, 0.717) is 17.0 Å². The molecule has 1 fully saturated rings. The fraction of sp³-hybridized carbons (Fsp3) is 0.364. The summed E-state index contributed by atoms with van der Waals surface area (Å²) in [5.74, 6) is 0.368. The Labute approximate surface area is 116 Å². The van der Waals surface area contributed by atoms with Gasteiger partial charge in [0, 0.05) is 22.3 Å². The molecule has 0 aliphatic carbocycles. The molecule has 1 aliphatic heterocycles. The number of halogens is 1. The summed E-state index contributed by atoms with van der Waals surface area (Å²) in [4.78, 5) is 0.237. The highest BCUT2D eigenvalue weighted by Gasteiger charge is 2.28. The van der Waals surface area contributed by atoms with Crippen LogP contribution >= 0.6 is 23.8 Å². The molecule has 98 valence electrons. The summed E-state index contributed by atoms with van der Waals surface area (Å²) in [6.07, 6.45) is 0.599. The van der Waals surface area contributed by atoms with E-state index in [-0.39, 0.29) is 22.5 Å². The molecule has 0 amide bonds. The van der Waals surface area contributed by atoms with Crippen LogP contribution in [-0.4, -0.2) is 31.0 Å². The van der Waals surface area contributed by atoms with Crippen LogP contribution in [0, 0.1) is 0 Å². The summed E-state index contributed by atoms with van der Waals surface area (Å²) in [7, 11) is -2.91. The first-order valence-electron chi connectivity index (χ1n) is 5.44. The molecule has 4 nitrogen and oxygen atoms in total. The molecule has 0 bridgehead atoms. The van der Waals surface area contributed by atoms with Crippen molar-refractivity contribution in [2.75, 3.05) is 16.8 Å². The van der Waals surface area contributed by atoms with E-state index in [1.807, 2.05) is 0 Å². The fourth-order valence-electron chi connectivity index (χ4n) is 1.97. The Bertz CT molecular complexity index is 587. The van der Waals surface area contributed by atoms with Crippen molar-refractivity contribution in [1.82, 2.24) is 0 Å². The van der Waals surface area contributed by atoms with Crippen LogP contribution in [0.15, 0.2) is 18.2 Å². The van der Waals surface area contributed by atoms with Gasteiger partial charge < -0.3 is 11.1 Å². The van der Waals surface area contributed by atoms with Gasteiger partial charge in [0.25, 0.3) is 0 Å². The van der Waals surface area contributed by atoms with Gasteiger partial charge in [-0.15, -0.1) is 0 Å². The molecule has 1 atom stereocenters. The van der Waals surface area contributed by atoms with Gasteiger partial charge in [0.15, 0.2) is 9.84 Å². The number of anilines is 1. The molecule has 0 saturated carbocycles. The number of hydrogen-bond donors (Lipinski definition) is 2. The monoisotopic (exact) mass is 304 g/mol. The lowest BCUT2D eigenvalue weighted by molar-refractivity contribution is 0.602. The molecule has 7 heteroatoms. The van der Waals surface area contributed by atoms with Gasteiger partial charge in [-0.1, -0.05) is 23.8 Å². The predicted octanol–water partition coefficient (Wildman–Crippen LogP) is 1.57. The van der Waals surface area contributed by atoms with Crippen LogP contribution in [0.4, 0.5) is 5.69 Å². The van der Waals surface area contributed by atoms with E-state index < -0.39 is 9.84 Å². The van der Waals surface area contributed by atoms with Gasteiger partial charge in [-0.3, -0.25) is 0 Å². The van der Waals surface area contributed by atoms with E-state index >= 15 is 0 Å². The summed E-state index contributed by atoms with van der Waals surface area (Å²) in [6, 6.07) is 5.07. The number of hydrogen-bond acceptors (Lipinski definition) is 4. The Hall–Kier alpha value is -0.850. The highest BCUT2D eigenvalue weighted by Crippen LogP contribution is 2.24. The zero-order valence-corrected chi connectivity index (χ0v) is 11.9. The number of nitrogens with one attached hydrogen (secondary N) is 1. The van der Waals surface area contributed by atoms with Gasteiger partial charge in [-0.05, 0) is 24.6 Å². The number of nitrogens with two attached hydrogens (primary N) is 1. The standard InChI is InChI=1S/C11H13ClN2O2S2/c12-7-1-2-10(9(5-7)11(13)17)14-8-3-4-18(15,16)6-8/h1-2,5,8,14H,3-4,6H2,(H2,13,17). The second-order valence-electron chi connectivity index (χ2n) is 4.30. The van der Waals surface area contributed by atoms with Gasteiger partial charge in [0.1, 0.15) is 4.99 Å². The summed E-state index contributed by atoms with van der Waals surface area (Å²) in [5.41, 5.74) is 7.00. The lowest BCUT2D eigenvalue weighted by Crippen LogP contribution is -2.23. The molecule has 1 aliphatic rings. The first-order chi connectivity index (χ1) is 8.37. The van der Waals surface area contributed by atoms with E-state index in [2.05, 4.69) is 5.32 Å². The molecule has 18 heavy (non-hydrogen) atoms. The van der Waals surface area contributed by atoms with Crippen LogP contribution in [-0.2, 0) is 9.84 Å². The SMILES string of the molecule is NC(=S)c1cc(Cl)ccc1NC1CCS(=O)(=O)C1. The number of benzene rings is 1. The van der Waals surface area contributed by atoms with E-state index in [9.17, 15) is 8.42 Å². The average molecular weight is 305 g/mol. The van der Waals surface area contributed by atoms with Gasteiger partial charge in [0.05, 0.1) is 11.5 Å². The van der Waals surface area contributed by atoms with E-state index in [0.717, 1.165) is 5.69 Å². The van der Waals surface area contributed by atoms with Crippen LogP contribution in [0.25, 0.3) is 0 Å². The third-order valence-corrected chi connectivity index (χ3v) is 5.06. The second kappa shape index (κ2) is 5.03. The van der Waals surface area contributed by atoms with Crippen molar-refractivity contribution in [3.63, 3.8) is 0 Å². The van der Waals surface area contributed by atoms with Crippen molar-refractivity contribution in [2.45, 2.75) is 12.5 Å². The van der Waals surface area contributed by atoms with E-state index in [1.165, 1.54) is 0 Å². The third-order valence-electron chi connectivity index (χ3n) is 2.84. The molecular weight excluding hydrogens is 292 g/mol. The molecule has 0 spiro atoms. The van der Waals surface area contributed by atoms with Crippen molar-refractivity contribution in [3.05, 3.63) is 28.8 Å². The highest BCUT2D eigenvalue weighted by molar-refractivity contribution is 7.91. The highest BCUT2D eigenvalue weighted by atomic mass is 35.5. The molecule has 2 rings (SSSR count). The number of thiocarbonyl (C=S) groups is 1. The van der Waals surface area contributed by atoms with E-state index in [4.69, 9.17) is 29.6 Å². The minimum absolute atomic E-state index is 0.0933. The molecule has 1 aromatic rings. The lowest BCUT2D eigenvalue weighted by atomic mass is 10.1. The van der Waals surface area contributed by atoms with Gasteiger partial charge in [-0.2, -0.15) is 0 Å². The van der Waals surface area contributed by atoms with E-state index in [1.54, 1.807) is 18.2 Å². The van der Waals surface area contributed by atoms with Crippen molar-refractivity contribution < 1.29 is 8.42 Å². The Morgan fingerprint density at radius 1 is 1.50 bits per heavy atom. The second-order valence-corrected chi connectivity index (χ2v) is 7.40. The van der Waals surface area contributed by atoms with Crippen molar-refractivity contribution in [2.24, 2.45) is 5.73 Å². The number of rotatable bonds is 3. The van der Waals surface area contributed by atoms with Crippen LogP contribution < -0.4 is 11.1 Å². The van der Waals surface area contributed by atoms with Crippen LogP contribution in [0.5, 0.6) is 0 Å². The van der Waals surface area contributed by atoms with Crippen molar-refractivity contribution in [3.8, 4) is 0 Å². The maximum atomic E-state index is 11.4. The summed E-state index contributed by atoms with van der Waals surface area (Å²) in [6.45, 7) is 0. The number of sulfone groups is 1. The van der Waals surface area contributed by atoms with Crippen LogP contribution in [0.3, 0.4) is 0 Å². The summed E-state index contributed by atoms with van der Waals surface area (Å²) in [5, 5.41) is 3.71. The minimum Gasteiger partial charge on any atom is -0.389 e. The first-order valence-corrected chi connectivity index (χ1v) is 8.04. The van der Waals surface area contributed by atoms with Gasteiger partial charge in [0.2, 0.25) is 0 Å². The van der Waals surface area contributed by atoms with Gasteiger partial charge in [-0.25, -0.2) is 8.42 Å². The first kappa shape index (κ1) is 13.6. The predicted molar refractivity (Wildman–Crippen MR) is 78.0 cm³/mol. The Balaban J connectivity index is 2.22. The molecule has 0 radical (unpaired) electrons. The molecule has 3 N–H and O–H groups in total. The Kier molecular flexibility index (Phi) is 3.79. The van der Waals surface area contributed by atoms with Gasteiger partial charge >= 0.3 is 0 Å². The molecule has 0 aromatic heterocycles. The maximum Gasteiger partial charge on any atom is 0.152 e. The normalized spacial score (nSPS) is 21.7. The smallest absolute Gasteiger partial charge is 0.152 e. The average Bonchev–Trinajstić information content (AvgIpc) is 2.60. The summed E-state index contributed by atoms with van der Waals surface area (Å²) >= 11 is 10.8. The Morgan fingerprint density at radius 3 is 2.78 bits per heavy atom. The topological polar surface area (TPSA) is 72.2 Å². The van der Waals surface area contributed by atoms with Crippen molar-refractivity contribution >= 4 is 44.3 Å². The van der Waals surface area contributed by atoms with Crippen LogP contribution in [0.2, 0.25) is 5.02 Å². The molecule has 1 heterocycles. The van der Waals surface area contributed by atoms with Crippen molar-refractivity contribution in [1.29, 1.82) is 0 Å². The quantitative estimate of drug-likeness (QED) is 0.830. The molecular formula is C11H13ClN2O2S2. The zero-order chi connectivity index (χ0) is 13.3. The molecule has 1 saturated heterocycles.